The quantitative estimate of drug-likeness (QED) is 0.748. The van der Waals surface area contributed by atoms with Crippen molar-refractivity contribution in [1.82, 2.24) is 10.2 Å². The van der Waals surface area contributed by atoms with Gasteiger partial charge >= 0.3 is 0 Å². The van der Waals surface area contributed by atoms with Crippen LogP contribution in [0.2, 0.25) is 0 Å². The van der Waals surface area contributed by atoms with Crippen LogP contribution in [0.25, 0.3) is 0 Å². The smallest absolute Gasteiger partial charge is 0.0743 e. The molecule has 1 fully saturated rings. The molecule has 0 aromatic carbocycles. The first-order valence-electron chi connectivity index (χ1n) is 6.66. The van der Waals surface area contributed by atoms with Gasteiger partial charge in [0.15, 0.2) is 0 Å². The number of likely N-dealkylation sites (tertiary alicyclic amines) is 1. The van der Waals surface area contributed by atoms with Crippen LogP contribution in [-0.4, -0.2) is 47.8 Å². The standard InChI is InChI=1S/C13H28N2O/c1-5-13(4,16)10-15-8-7-12(14-6-2)11(3)9-15/h11-12,14,16H,5-10H2,1-4H3. The Balaban J connectivity index is 2.39. The van der Waals surface area contributed by atoms with E-state index in [2.05, 4.69) is 31.0 Å². The molecule has 3 nitrogen and oxygen atoms in total. The van der Waals surface area contributed by atoms with Crippen molar-refractivity contribution >= 4 is 0 Å². The lowest BCUT2D eigenvalue weighted by atomic mass is 9.92. The molecule has 0 bridgehead atoms. The Kier molecular flexibility index (Phi) is 5.22. The number of piperidine rings is 1. The summed E-state index contributed by atoms with van der Waals surface area (Å²) in [6.45, 7) is 12.5. The van der Waals surface area contributed by atoms with Crippen LogP contribution < -0.4 is 5.32 Å². The van der Waals surface area contributed by atoms with Gasteiger partial charge in [-0.25, -0.2) is 0 Å². The molecule has 2 N–H and O–H groups in total. The Labute approximate surface area is 100 Å². The van der Waals surface area contributed by atoms with Gasteiger partial charge in [-0.15, -0.1) is 0 Å². The van der Waals surface area contributed by atoms with E-state index in [0.29, 0.717) is 12.0 Å². The van der Waals surface area contributed by atoms with Crippen LogP contribution in [0.4, 0.5) is 0 Å². The van der Waals surface area contributed by atoms with Crippen molar-refractivity contribution in [3.8, 4) is 0 Å². The second-order valence-corrected chi connectivity index (χ2v) is 5.52. The summed E-state index contributed by atoms with van der Waals surface area (Å²) >= 11 is 0. The normalized spacial score (nSPS) is 31.3. The molecule has 0 aromatic rings. The maximum Gasteiger partial charge on any atom is 0.0743 e. The molecule has 1 rings (SSSR count). The second-order valence-electron chi connectivity index (χ2n) is 5.52. The van der Waals surface area contributed by atoms with E-state index in [-0.39, 0.29) is 0 Å². The third kappa shape index (κ3) is 4.04. The summed E-state index contributed by atoms with van der Waals surface area (Å²) in [5.74, 6) is 0.682. The number of aliphatic hydroxyl groups is 1. The molecule has 0 aromatic heterocycles. The van der Waals surface area contributed by atoms with Crippen LogP contribution in [0, 0.1) is 5.92 Å². The number of nitrogens with zero attached hydrogens (tertiary/aromatic N) is 1. The Morgan fingerprint density at radius 1 is 1.44 bits per heavy atom. The summed E-state index contributed by atoms with van der Waals surface area (Å²) in [4.78, 5) is 2.40. The molecule has 0 amide bonds. The zero-order valence-corrected chi connectivity index (χ0v) is 11.3. The first-order chi connectivity index (χ1) is 7.48. The van der Waals surface area contributed by atoms with Gasteiger partial charge in [-0.2, -0.15) is 0 Å². The van der Waals surface area contributed by atoms with Crippen LogP contribution in [0.5, 0.6) is 0 Å². The molecule has 1 saturated heterocycles. The van der Waals surface area contributed by atoms with Gasteiger partial charge in [0.05, 0.1) is 5.60 Å². The summed E-state index contributed by atoms with van der Waals surface area (Å²) in [6.07, 6.45) is 2.03. The number of hydrogen-bond acceptors (Lipinski definition) is 3. The average molecular weight is 228 g/mol. The van der Waals surface area contributed by atoms with Crippen LogP contribution >= 0.6 is 0 Å². The van der Waals surface area contributed by atoms with Gasteiger partial charge in [0, 0.05) is 19.1 Å². The van der Waals surface area contributed by atoms with E-state index in [1.807, 2.05) is 6.92 Å². The van der Waals surface area contributed by atoms with Crippen molar-refractivity contribution in [3.63, 3.8) is 0 Å². The van der Waals surface area contributed by atoms with E-state index in [9.17, 15) is 5.11 Å². The van der Waals surface area contributed by atoms with Gasteiger partial charge in [0.2, 0.25) is 0 Å². The molecular formula is C13H28N2O. The molecule has 96 valence electrons. The predicted molar refractivity (Wildman–Crippen MR) is 68.6 cm³/mol. The minimum atomic E-state index is -0.523. The van der Waals surface area contributed by atoms with E-state index in [1.54, 1.807) is 0 Å². The van der Waals surface area contributed by atoms with Gasteiger partial charge < -0.3 is 15.3 Å². The zero-order chi connectivity index (χ0) is 12.2. The Morgan fingerprint density at radius 3 is 2.62 bits per heavy atom. The second kappa shape index (κ2) is 5.99. The van der Waals surface area contributed by atoms with Crippen LogP contribution in [-0.2, 0) is 0 Å². The number of rotatable bonds is 5. The largest absolute Gasteiger partial charge is 0.389 e. The topological polar surface area (TPSA) is 35.5 Å². The molecule has 0 spiro atoms. The predicted octanol–water partition coefficient (Wildman–Crippen LogP) is 1.47. The van der Waals surface area contributed by atoms with E-state index in [4.69, 9.17) is 0 Å². The molecule has 0 radical (unpaired) electrons. The number of β-amino-alcohol motifs (C(OH)–C–C–N with tert-alkyl or cyclic N) is 1. The van der Waals surface area contributed by atoms with Crippen LogP contribution in [0.1, 0.15) is 40.5 Å². The lowest BCUT2D eigenvalue weighted by molar-refractivity contribution is 0.00109. The molecular weight excluding hydrogens is 200 g/mol. The maximum atomic E-state index is 10.1. The lowest BCUT2D eigenvalue weighted by Gasteiger charge is -2.40. The minimum Gasteiger partial charge on any atom is -0.389 e. The molecule has 1 heterocycles. The van der Waals surface area contributed by atoms with Crippen molar-refractivity contribution in [1.29, 1.82) is 0 Å². The van der Waals surface area contributed by atoms with Crippen molar-refractivity contribution in [2.75, 3.05) is 26.2 Å². The van der Waals surface area contributed by atoms with Gasteiger partial charge in [-0.3, -0.25) is 0 Å². The molecule has 16 heavy (non-hydrogen) atoms. The van der Waals surface area contributed by atoms with Crippen molar-refractivity contribution in [3.05, 3.63) is 0 Å². The molecule has 0 saturated carbocycles. The lowest BCUT2D eigenvalue weighted by Crippen LogP contribution is -2.51. The van der Waals surface area contributed by atoms with Crippen LogP contribution in [0.3, 0.4) is 0 Å². The first kappa shape index (κ1) is 13.9. The minimum absolute atomic E-state index is 0.523. The Hall–Kier alpha value is -0.120. The highest BCUT2D eigenvalue weighted by Gasteiger charge is 2.29. The molecule has 1 aliphatic rings. The SMILES string of the molecule is CCNC1CCN(CC(C)(O)CC)CC1C. The van der Waals surface area contributed by atoms with Gasteiger partial charge in [-0.05, 0) is 38.8 Å². The summed E-state index contributed by atoms with van der Waals surface area (Å²) in [7, 11) is 0. The zero-order valence-electron chi connectivity index (χ0n) is 11.3. The maximum absolute atomic E-state index is 10.1. The number of hydrogen-bond donors (Lipinski definition) is 2. The van der Waals surface area contributed by atoms with Gasteiger partial charge in [0.25, 0.3) is 0 Å². The highest BCUT2D eigenvalue weighted by molar-refractivity contribution is 4.85. The highest BCUT2D eigenvalue weighted by Crippen LogP contribution is 2.20. The summed E-state index contributed by atoms with van der Waals surface area (Å²) < 4.78 is 0. The van der Waals surface area contributed by atoms with Crippen molar-refractivity contribution in [2.45, 2.75) is 52.2 Å². The van der Waals surface area contributed by atoms with E-state index >= 15 is 0 Å². The van der Waals surface area contributed by atoms with E-state index in [0.717, 1.165) is 32.6 Å². The summed E-state index contributed by atoms with van der Waals surface area (Å²) in [6, 6.07) is 0.660. The Morgan fingerprint density at radius 2 is 2.12 bits per heavy atom. The third-order valence-corrected chi connectivity index (χ3v) is 3.78. The highest BCUT2D eigenvalue weighted by atomic mass is 16.3. The molecule has 3 atom stereocenters. The Bertz CT molecular complexity index is 206. The first-order valence-corrected chi connectivity index (χ1v) is 6.66. The third-order valence-electron chi connectivity index (χ3n) is 3.78. The van der Waals surface area contributed by atoms with Gasteiger partial charge in [0.1, 0.15) is 0 Å². The molecule has 1 aliphatic heterocycles. The fourth-order valence-corrected chi connectivity index (χ4v) is 2.53. The molecule has 3 heteroatoms. The summed E-state index contributed by atoms with van der Waals surface area (Å²) in [5.41, 5.74) is -0.523. The van der Waals surface area contributed by atoms with Crippen LogP contribution in [0.15, 0.2) is 0 Å². The summed E-state index contributed by atoms with van der Waals surface area (Å²) in [5, 5.41) is 13.6. The van der Waals surface area contributed by atoms with E-state index in [1.165, 1.54) is 6.42 Å². The molecule has 0 aliphatic carbocycles. The monoisotopic (exact) mass is 228 g/mol. The van der Waals surface area contributed by atoms with E-state index < -0.39 is 5.60 Å². The molecule has 3 unspecified atom stereocenters. The average Bonchev–Trinajstić information content (AvgIpc) is 2.22. The van der Waals surface area contributed by atoms with Gasteiger partial charge in [-0.1, -0.05) is 20.8 Å². The van der Waals surface area contributed by atoms with Crippen molar-refractivity contribution in [2.24, 2.45) is 5.92 Å². The number of nitrogens with one attached hydrogen (secondary N) is 1. The van der Waals surface area contributed by atoms with Crippen molar-refractivity contribution < 1.29 is 5.11 Å². The fourth-order valence-electron chi connectivity index (χ4n) is 2.53. The fraction of sp³-hybridized carbons (Fsp3) is 1.00.